The van der Waals surface area contributed by atoms with Crippen LogP contribution in [-0.4, -0.2) is 18.3 Å². The molecule has 0 heterocycles. The van der Waals surface area contributed by atoms with E-state index in [1.807, 2.05) is 31.2 Å². The van der Waals surface area contributed by atoms with Crippen molar-refractivity contribution in [3.05, 3.63) is 40.9 Å². The molecule has 0 aliphatic heterocycles. The molecule has 1 atom stereocenters. The van der Waals surface area contributed by atoms with Crippen LogP contribution in [0.4, 0.5) is 0 Å². The monoisotopic (exact) mass is 294 g/mol. The van der Waals surface area contributed by atoms with Gasteiger partial charge in [0.15, 0.2) is 0 Å². The van der Waals surface area contributed by atoms with Crippen LogP contribution in [0.2, 0.25) is 0 Å². The van der Waals surface area contributed by atoms with Gasteiger partial charge in [0, 0.05) is 17.0 Å². The molecule has 3 heteroatoms. The van der Waals surface area contributed by atoms with Gasteiger partial charge in [0.25, 0.3) is 0 Å². The number of benzene rings is 2. The molecule has 0 radical (unpaired) electrons. The second kappa shape index (κ2) is 5.52. The average molecular weight is 295 g/mol. The number of hydrogen-bond acceptors (Lipinski definition) is 2. The second-order valence-corrected chi connectivity index (χ2v) is 5.17. The molecule has 90 valence electrons. The van der Waals surface area contributed by atoms with E-state index in [0.29, 0.717) is 6.61 Å². The molecule has 0 saturated carbocycles. The van der Waals surface area contributed by atoms with E-state index >= 15 is 0 Å². The van der Waals surface area contributed by atoms with Gasteiger partial charge in [-0.3, -0.25) is 0 Å². The van der Waals surface area contributed by atoms with Gasteiger partial charge in [-0.2, -0.15) is 0 Å². The molecule has 1 N–H and O–H groups in total. The predicted molar refractivity (Wildman–Crippen MR) is 73.4 cm³/mol. The van der Waals surface area contributed by atoms with Gasteiger partial charge in [-0.25, -0.2) is 0 Å². The molecule has 2 aromatic carbocycles. The lowest BCUT2D eigenvalue weighted by atomic mass is 10.1. The Kier molecular flexibility index (Phi) is 4.02. The fourth-order valence-corrected chi connectivity index (χ4v) is 1.95. The minimum Gasteiger partial charge on any atom is -0.493 e. The molecule has 2 aromatic rings. The Morgan fingerprint density at radius 2 is 1.88 bits per heavy atom. The van der Waals surface area contributed by atoms with Gasteiger partial charge < -0.3 is 9.84 Å². The van der Waals surface area contributed by atoms with Crippen molar-refractivity contribution in [3.63, 3.8) is 0 Å². The number of rotatable bonds is 4. The zero-order valence-electron chi connectivity index (χ0n) is 9.69. The summed E-state index contributed by atoms with van der Waals surface area (Å²) in [5.41, 5.74) is 0. The molecule has 0 fully saturated rings. The summed E-state index contributed by atoms with van der Waals surface area (Å²) in [6, 6.07) is 12.2. The first-order chi connectivity index (χ1) is 8.19. The highest BCUT2D eigenvalue weighted by molar-refractivity contribution is 9.10. The molecule has 0 unspecified atom stereocenters. The Labute approximate surface area is 109 Å². The molecule has 2 rings (SSSR count). The SMILES string of the molecule is C[C@H](CO)COc1ccc2cc(Br)ccc2c1. The van der Waals surface area contributed by atoms with Crippen LogP contribution < -0.4 is 4.74 Å². The van der Waals surface area contributed by atoms with Crippen molar-refractivity contribution in [1.29, 1.82) is 0 Å². The first-order valence-electron chi connectivity index (χ1n) is 5.62. The highest BCUT2D eigenvalue weighted by Gasteiger charge is 2.02. The Balaban J connectivity index is 2.17. The van der Waals surface area contributed by atoms with Crippen LogP contribution in [-0.2, 0) is 0 Å². The van der Waals surface area contributed by atoms with E-state index in [1.165, 1.54) is 5.39 Å². The topological polar surface area (TPSA) is 29.5 Å². The lowest BCUT2D eigenvalue weighted by molar-refractivity contribution is 0.174. The quantitative estimate of drug-likeness (QED) is 0.933. The number of aliphatic hydroxyl groups is 1. The predicted octanol–water partition coefficient (Wildman–Crippen LogP) is 3.61. The third-order valence-corrected chi connectivity index (χ3v) is 3.11. The maximum Gasteiger partial charge on any atom is 0.119 e. The molecule has 0 aliphatic rings. The van der Waals surface area contributed by atoms with Crippen molar-refractivity contribution in [2.24, 2.45) is 5.92 Å². The summed E-state index contributed by atoms with van der Waals surface area (Å²) in [6.45, 7) is 2.65. The first kappa shape index (κ1) is 12.4. The van der Waals surface area contributed by atoms with Crippen LogP contribution in [0.1, 0.15) is 6.92 Å². The van der Waals surface area contributed by atoms with Crippen LogP contribution in [0.5, 0.6) is 5.75 Å². The summed E-state index contributed by atoms with van der Waals surface area (Å²) in [6.07, 6.45) is 0. The first-order valence-corrected chi connectivity index (χ1v) is 6.41. The fourth-order valence-electron chi connectivity index (χ4n) is 1.58. The largest absolute Gasteiger partial charge is 0.493 e. The molecule has 0 saturated heterocycles. The Bertz CT molecular complexity index is 511. The number of fused-ring (bicyclic) bond motifs is 1. The van der Waals surface area contributed by atoms with E-state index in [1.54, 1.807) is 0 Å². The highest BCUT2D eigenvalue weighted by Crippen LogP contribution is 2.24. The highest BCUT2D eigenvalue weighted by atomic mass is 79.9. The van der Waals surface area contributed by atoms with Crippen LogP contribution in [0, 0.1) is 5.92 Å². The van der Waals surface area contributed by atoms with Crippen molar-refractivity contribution in [2.45, 2.75) is 6.92 Å². The molecule has 0 spiro atoms. The van der Waals surface area contributed by atoms with Crippen molar-refractivity contribution in [3.8, 4) is 5.75 Å². The lowest BCUT2D eigenvalue weighted by Gasteiger charge is -2.11. The standard InChI is InChI=1S/C14H15BrO2/c1-10(8-16)9-17-14-5-3-11-6-13(15)4-2-12(11)7-14/h2-7,10,16H,8-9H2,1H3/t10-/m1/s1. The molecule has 17 heavy (non-hydrogen) atoms. The number of aliphatic hydroxyl groups excluding tert-OH is 1. The van der Waals surface area contributed by atoms with Crippen molar-refractivity contribution in [2.75, 3.05) is 13.2 Å². The van der Waals surface area contributed by atoms with E-state index < -0.39 is 0 Å². The fraction of sp³-hybridized carbons (Fsp3) is 0.286. The maximum atomic E-state index is 8.93. The second-order valence-electron chi connectivity index (χ2n) is 4.25. The lowest BCUT2D eigenvalue weighted by Crippen LogP contribution is -2.11. The summed E-state index contributed by atoms with van der Waals surface area (Å²) < 4.78 is 6.70. The van der Waals surface area contributed by atoms with Crippen molar-refractivity contribution in [1.82, 2.24) is 0 Å². The number of halogens is 1. The van der Waals surface area contributed by atoms with Gasteiger partial charge in [-0.15, -0.1) is 0 Å². The van der Waals surface area contributed by atoms with Gasteiger partial charge in [-0.05, 0) is 35.0 Å². The molecular weight excluding hydrogens is 280 g/mol. The summed E-state index contributed by atoms with van der Waals surface area (Å²) in [7, 11) is 0. The zero-order valence-corrected chi connectivity index (χ0v) is 11.3. The number of hydrogen-bond donors (Lipinski definition) is 1. The van der Waals surface area contributed by atoms with Crippen LogP contribution in [0.3, 0.4) is 0 Å². The molecule has 2 nitrogen and oxygen atoms in total. The van der Waals surface area contributed by atoms with Gasteiger partial charge in [0.1, 0.15) is 5.75 Å². The summed E-state index contributed by atoms with van der Waals surface area (Å²) in [4.78, 5) is 0. The maximum absolute atomic E-state index is 8.93. The van der Waals surface area contributed by atoms with Gasteiger partial charge in [0.2, 0.25) is 0 Å². The van der Waals surface area contributed by atoms with Gasteiger partial charge >= 0.3 is 0 Å². The van der Waals surface area contributed by atoms with Crippen LogP contribution >= 0.6 is 15.9 Å². The normalized spacial score (nSPS) is 12.6. The van der Waals surface area contributed by atoms with Crippen LogP contribution in [0.15, 0.2) is 40.9 Å². The molecule has 0 aliphatic carbocycles. The summed E-state index contributed by atoms with van der Waals surface area (Å²) in [5.74, 6) is 1.01. The van der Waals surface area contributed by atoms with E-state index in [2.05, 4.69) is 28.1 Å². The Morgan fingerprint density at radius 3 is 2.65 bits per heavy atom. The van der Waals surface area contributed by atoms with E-state index in [4.69, 9.17) is 9.84 Å². The molecule has 0 aromatic heterocycles. The molecule has 0 amide bonds. The van der Waals surface area contributed by atoms with Crippen molar-refractivity contribution < 1.29 is 9.84 Å². The Hall–Kier alpha value is -1.06. The minimum atomic E-state index is 0.153. The van der Waals surface area contributed by atoms with Crippen molar-refractivity contribution >= 4 is 26.7 Å². The van der Waals surface area contributed by atoms with Gasteiger partial charge in [-0.1, -0.05) is 35.0 Å². The molecular formula is C14H15BrO2. The van der Waals surface area contributed by atoms with Crippen LogP contribution in [0.25, 0.3) is 10.8 Å². The third-order valence-electron chi connectivity index (χ3n) is 2.62. The average Bonchev–Trinajstić information content (AvgIpc) is 2.35. The third kappa shape index (κ3) is 3.20. The van der Waals surface area contributed by atoms with E-state index in [9.17, 15) is 0 Å². The molecule has 0 bridgehead atoms. The zero-order chi connectivity index (χ0) is 12.3. The van der Waals surface area contributed by atoms with E-state index in [-0.39, 0.29) is 12.5 Å². The van der Waals surface area contributed by atoms with E-state index in [0.717, 1.165) is 15.6 Å². The smallest absolute Gasteiger partial charge is 0.119 e. The minimum absolute atomic E-state index is 0.153. The Morgan fingerprint density at radius 1 is 1.18 bits per heavy atom. The number of ether oxygens (including phenoxy) is 1. The summed E-state index contributed by atoms with van der Waals surface area (Å²) in [5, 5.41) is 11.3. The van der Waals surface area contributed by atoms with Gasteiger partial charge in [0.05, 0.1) is 6.61 Å². The summed E-state index contributed by atoms with van der Waals surface area (Å²) >= 11 is 3.45.